The van der Waals surface area contributed by atoms with E-state index < -0.39 is 0 Å². The summed E-state index contributed by atoms with van der Waals surface area (Å²) in [4.78, 5) is 0. The zero-order valence-corrected chi connectivity index (χ0v) is 20.0. The van der Waals surface area contributed by atoms with E-state index in [0.717, 1.165) is 0 Å². The first-order valence-corrected chi connectivity index (χ1v) is 12.4. The van der Waals surface area contributed by atoms with Crippen LogP contribution in [0.3, 0.4) is 0 Å². The molecule has 2 atom stereocenters. The molecule has 170 valence electrons. The second-order valence-corrected chi connectivity index (χ2v) is 9.81. The Morgan fingerprint density at radius 1 is 0.472 bits per heavy atom. The Kier molecular flexibility index (Phi) is 8.35. The molecule has 4 aromatic carbocycles. The molecule has 0 radical (unpaired) electrons. The second kappa shape index (κ2) is 11.3. The minimum atomic E-state index is 0. The van der Waals surface area contributed by atoms with Gasteiger partial charge < -0.3 is 0 Å². The third-order valence-electron chi connectivity index (χ3n) is 7.79. The Bertz CT molecular complexity index is 1300. The fraction of sp³-hybridized carbons (Fsp3) is 0.176. The van der Waals surface area contributed by atoms with E-state index in [-0.39, 0.29) is 37.7 Å². The standard InChI is InChI=1S/C34H30.2Li.2H/c1-23-21-33-29(25-11-5-3-6-12-25)15-9-17-31(33)27(23)19-20-28-24(2)22-34-30(16-10-18-32(28)34)26-13-7-4-8-14-26;;;;/h3-18,21-22,27-28H,19-20H2,1-2H3;;;;. The Morgan fingerprint density at radius 3 is 1.25 bits per heavy atom. The molecule has 0 nitrogen and oxygen atoms in total. The molecule has 36 heavy (non-hydrogen) atoms. The van der Waals surface area contributed by atoms with Crippen LogP contribution in [0.25, 0.3) is 34.4 Å². The summed E-state index contributed by atoms with van der Waals surface area (Å²) in [6, 6.07) is 35.3. The fourth-order valence-electron chi connectivity index (χ4n) is 6.08. The summed E-state index contributed by atoms with van der Waals surface area (Å²) >= 11 is 0. The summed E-state index contributed by atoms with van der Waals surface area (Å²) in [7, 11) is 0. The molecule has 2 unspecified atom stereocenters. The Morgan fingerprint density at radius 2 is 0.861 bits per heavy atom. The van der Waals surface area contributed by atoms with Crippen LogP contribution < -0.4 is 0 Å². The first-order chi connectivity index (χ1) is 16.7. The molecule has 6 rings (SSSR count). The summed E-state index contributed by atoms with van der Waals surface area (Å²) in [6.07, 6.45) is 7.22. The van der Waals surface area contributed by atoms with E-state index >= 15 is 0 Å². The van der Waals surface area contributed by atoms with Gasteiger partial charge in [-0.15, -0.1) is 0 Å². The van der Waals surface area contributed by atoms with Crippen LogP contribution in [-0.2, 0) is 0 Å². The molecular formula is C34H32Li2. The quantitative estimate of drug-likeness (QED) is 0.267. The average Bonchev–Trinajstić information content (AvgIpc) is 3.38. The molecule has 2 aliphatic carbocycles. The number of allylic oxidation sites excluding steroid dienone is 2. The molecule has 0 fully saturated rings. The summed E-state index contributed by atoms with van der Waals surface area (Å²) < 4.78 is 0. The van der Waals surface area contributed by atoms with Crippen LogP contribution in [0.2, 0.25) is 0 Å². The van der Waals surface area contributed by atoms with Crippen molar-refractivity contribution in [3.63, 3.8) is 0 Å². The molecule has 0 N–H and O–H groups in total. The summed E-state index contributed by atoms with van der Waals surface area (Å²) in [5.41, 5.74) is 14.1. The minimum absolute atomic E-state index is 0. The van der Waals surface area contributed by atoms with Crippen LogP contribution in [-0.4, -0.2) is 37.7 Å². The van der Waals surface area contributed by atoms with Crippen molar-refractivity contribution in [2.75, 3.05) is 0 Å². The normalized spacial score (nSPS) is 17.3. The van der Waals surface area contributed by atoms with Crippen molar-refractivity contribution in [1.82, 2.24) is 0 Å². The Balaban J connectivity index is 0.00000152. The van der Waals surface area contributed by atoms with Gasteiger partial charge in [-0.2, -0.15) is 0 Å². The number of hydrogen-bond acceptors (Lipinski definition) is 0. The first-order valence-electron chi connectivity index (χ1n) is 12.4. The summed E-state index contributed by atoms with van der Waals surface area (Å²) in [5.74, 6) is 1.01. The van der Waals surface area contributed by atoms with Crippen LogP contribution in [0.1, 0.15) is 60.8 Å². The number of fused-ring (bicyclic) bond motifs is 2. The Labute approximate surface area is 239 Å². The van der Waals surface area contributed by atoms with Crippen LogP contribution in [0, 0.1) is 0 Å². The SMILES string of the molecule is CC1=Cc2c(-c3ccccc3)cccc2C1CCC1C(C)=Cc2c(-c3ccccc3)cccc21.[LiH].[LiH]. The van der Waals surface area contributed by atoms with Crippen molar-refractivity contribution in [3.05, 3.63) is 130 Å². The van der Waals surface area contributed by atoms with Crippen LogP contribution in [0.4, 0.5) is 0 Å². The second-order valence-electron chi connectivity index (χ2n) is 9.81. The van der Waals surface area contributed by atoms with Gasteiger partial charge in [0, 0.05) is 11.8 Å². The first kappa shape index (κ1) is 26.6. The molecule has 0 amide bonds. The average molecular weight is 455 g/mol. The van der Waals surface area contributed by atoms with Gasteiger partial charge in [-0.05, 0) is 71.2 Å². The molecule has 0 bridgehead atoms. The van der Waals surface area contributed by atoms with Gasteiger partial charge in [0.2, 0.25) is 0 Å². The van der Waals surface area contributed by atoms with Gasteiger partial charge in [0.15, 0.2) is 0 Å². The third kappa shape index (κ3) is 4.77. The molecule has 2 heteroatoms. The van der Waals surface area contributed by atoms with Gasteiger partial charge in [0.1, 0.15) is 0 Å². The molecule has 0 aromatic heterocycles. The van der Waals surface area contributed by atoms with Gasteiger partial charge in [0.25, 0.3) is 0 Å². The van der Waals surface area contributed by atoms with E-state index in [2.05, 4.69) is 123 Å². The van der Waals surface area contributed by atoms with Gasteiger partial charge in [-0.1, -0.05) is 120 Å². The van der Waals surface area contributed by atoms with Crippen molar-refractivity contribution in [1.29, 1.82) is 0 Å². The zero-order chi connectivity index (χ0) is 23.1. The molecule has 2 aliphatic rings. The molecule has 0 saturated carbocycles. The fourth-order valence-corrected chi connectivity index (χ4v) is 6.08. The monoisotopic (exact) mass is 454 g/mol. The number of benzene rings is 4. The molecule has 0 aliphatic heterocycles. The third-order valence-corrected chi connectivity index (χ3v) is 7.79. The molecule has 4 aromatic rings. The molecule has 0 heterocycles. The van der Waals surface area contributed by atoms with Crippen molar-refractivity contribution in [3.8, 4) is 22.3 Å². The molecule has 0 saturated heterocycles. The maximum atomic E-state index is 2.43. The van der Waals surface area contributed by atoms with Gasteiger partial charge in [-0.3, -0.25) is 0 Å². The van der Waals surface area contributed by atoms with Crippen LogP contribution >= 0.6 is 0 Å². The van der Waals surface area contributed by atoms with Crippen molar-refractivity contribution in [2.45, 2.75) is 38.5 Å². The van der Waals surface area contributed by atoms with Crippen molar-refractivity contribution in [2.24, 2.45) is 0 Å². The zero-order valence-electron chi connectivity index (χ0n) is 20.0. The van der Waals surface area contributed by atoms with E-state index in [4.69, 9.17) is 0 Å². The van der Waals surface area contributed by atoms with E-state index in [1.54, 1.807) is 0 Å². The van der Waals surface area contributed by atoms with Crippen LogP contribution in [0.15, 0.2) is 108 Å². The molecular weight excluding hydrogens is 422 g/mol. The summed E-state index contributed by atoms with van der Waals surface area (Å²) in [6.45, 7) is 4.64. The van der Waals surface area contributed by atoms with Gasteiger partial charge in [-0.25, -0.2) is 0 Å². The molecule has 0 spiro atoms. The van der Waals surface area contributed by atoms with E-state index in [0.29, 0.717) is 11.8 Å². The van der Waals surface area contributed by atoms with E-state index in [1.807, 2.05) is 0 Å². The van der Waals surface area contributed by atoms with Crippen molar-refractivity contribution < 1.29 is 0 Å². The predicted molar refractivity (Wildman–Crippen MR) is 160 cm³/mol. The Hall–Kier alpha value is -2.45. The van der Waals surface area contributed by atoms with Gasteiger partial charge >= 0.3 is 37.7 Å². The van der Waals surface area contributed by atoms with Crippen LogP contribution in [0.5, 0.6) is 0 Å². The number of rotatable bonds is 5. The van der Waals surface area contributed by atoms with E-state index in [9.17, 15) is 0 Å². The topological polar surface area (TPSA) is 0 Å². The van der Waals surface area contributed by atoms with E-state index in [1.165, 1.54) is 68.5 Å². The predicted octanol–water partition coefficient (Wildman–Crippen LogP) is 8.21. The van der Waals surface area contributed by atoms with Gasteiger partial charge in [0.05, 0.1) is 0 Å². The summed E-state index contributed by atoms with van der Waals surface area (Å²) in [5, 5.41) is 0. The van der Waals surface area contributed by atoms with Crippen molar-refractivity contribution >= 4 is 49.9 Å². The number of hydrogen-bond donors (Lipinski definition) is 0. The maximum absolute atomic E-state index is 2.43.